The summed E-state index contributed by atoms with van der Waals surface area (Å²) in [6, 6.07) is 5.13. The summed E-state index contributed by atoms with van der Waals surface area (Å²) in [6.45, 7) is 4.61. The van der Waals surface area contributed by atoms with Crippen LogP contribution in [0.15, 0.2) is 27.2 Å². The summed E-state index contributed by atoms with van der Waals surface area (Å²) in [7, 11) is 0. The molecule has 0 fully saturated rings. The Hall–Kier alpha value is -1.40. The van der Waals surface area contributed by atoms with Gasteiger partial charge >= 0.3 is 0 Å². The van der Waals surface area contributed by atoms with Crippen LogP contribution in [-0.2, 0) is 4.74 Å². The van der Waals surface area contributed by atoms with Gasteiger partial charge in [-0.1, -0.05) is 34.4 Å². The Morgan fingerprint density at radius 2 is 2.20 bits per heavy atom. The van der Waals surface area contributed by atoms with Crippen LogP contribution >= 0.6 is 15.9 Å². The van der Waals surface area contributed by atoms with Crippen LogP contribution in [0.4, 0.5) is 0 Å². The van der Waals surface area contributed by atoms with Gasteiger partial charge in [-0.3, -0.25) is 0 Å². The molecule has 1 aromatic carbocycles. The Labute approximate surface area is 126 Å². The van der Waals surface area contributed by atoms with Gasteiger partial charge in [0.05, 0.1) is 5.56 Å². The first-order valence-electron chi connectivity index (χ1n) is 6.59. The SMILES string of the molecule is CCCC(OCC)c1noc(-c2ccc(Br)cc2O)n1. The molecule has 1 heterocycles. The number of benzene rings is 1. The minimum absolute atomic E-state index is 0.0954. The molecule has 1 atom stereocenters. The monoisotopic (exact) mass is 340 g/mol. The van der Waals surface area contributed by atoms with Gasteiger partial charge in [-0.2, -0.15) is 4.98 Å². The second-order valence-corrected chi connectivity index (χ2v) is 5.27. The molecule has 1 aromatic heterocycles. The van der Waals surface area contributed by atoms with Gasteiger partial charge in [0.2, 0.25) is 5.82 Å². The first-order valence-corrected chi connectivity index (χ1v) is 7.39. The minimum atomic E-state index is -0.167. The summed E-state index contributed by atoms with van der Waals surface area (Å²) in [4.78, 5) is 4.33. The van der Waals surface area contributed by atoms with Gasteiger partial charge < -0.3 is 14.4 Å². The van der Waals surface area contributed by atoms with E-state index in [1.54, 1.807) is 12.1 Å². The Morgan fingerprint density at radius 3 is 2.85 bits per heavy atom. The molecule has 0 aliphatic rings. The second-order valence-electron chi connectivity index (χ2n) is 4.35. The zero-order chi connectivity index (χ0) is 14.5. The Balaban J connectivity index is 2.27. The van der Waals surface area contributed by atoms with Crippen LogP contribution in [0.1, 0.15) is 38.6 Å². The van der Waals surface area contributed by atoms with Gasteiger partial charge in [0, 0.05) is 11.1 Å². The van der Waals surface area contributed by atoms with E-state index >= 15 is 0 Å². The van der Waals surface area contributed by atoms with E-state index in [9.17, 15) is 5.11 Å². The maximum atomic E-state index is 9.91. The van der Waals surface area contributed by atoms with Crippen LogP contribution in [0.5, 0.6) is 5.75 Å². The molecular weight excluding hydrogens is 324 g/mol. The van der Waals surface area contributed by atoms with Crippen molar-refractivity contribution in [1.82, 2.24) is 10.1 Å². The van der Waals surface area contributed by atoms with E-state index in [0.29, 0.717) is 23.9 Å². The molecular formula is C14H17BrN2O3. The topological polar surface area (TPSA) is 68.4 Å². The van der Waals surface area contributed by atoms with E-state index in [-0.39, 0.29) is 11.9 Å². The second kappa shape index (κ2) is 6.85. The fraction of sp³-hybridized carbons (Fsp3) is 0.429. The van der Waals surface area contributed by atoms with Gasteiger partial charge in [-0.05, 0) is 31.5 Å². The predicted molar refractivity (Wildman–Crippen MR) is 78.4 cm³/mol. The zero-order valence-corrected chi connectivity index (χ0v) is 13.1. The fourth-order valence-corrected chi connectivity index (χ4v) is 2.26. The highest BCUT2D eigenvalue weighted by atomic mass is 79.9. The molecule has 1 N–H and O–H groups in total. The Morgan fingerprint density at radius 1 is 1.40 bits per heavy atom. The number of aromatic nitrogens is 2. The number of phenolic OH excluding ortho intramolecular Hbond substituents is 1. The standard InChI is InChI=1S/C14H17BrN2O3/c1-3-5-12(19-4-2)13-16-14(20-17-13)10-7-6-9(15)8-11(10)18/h6-8,12,18H,3-5H2,1-2H3. The molecule has 0 aliphatic carbocycles. The lowest BCUT2D eigenvalue weighted by Crippen LogP contribution is -2.05. The molecule has 2 aromatic rings. The van der Waals surface area contributed by atoms with E-state index in [0.717, 1.165) is 17.3 Å². The van der Waals surface area contributed by atoms with E-state index < -0.39 is 0 Å². The first kappa shape index (κ1) is 15.0. The maximum absolute atomic E-state index is 9.91. The smallest absolute Gasteiger partial charge is 0.261 e. The van der Waals surface area contributed by atoms with Crippen molar-refractivity contribution in [2.24, 2.45) is 0 Å². The summed E-state index contributed by atoms with van der Waals surface area (Å²) >= 11 is 3.29. The summed E-state index contributed by atoms with van der Waals surface area (Å²) in [5.41, 5.74) is 0.513. The van der Waals surface area contributed by atoms with E-state index in [4.69, 9.17) is 9.26 Å². The number of ether oxygens (including phenoxy) is 1. The van der Waals surface area contributed by atoms with Crippen molar-refractivity contribution in [3.05, 3.63) is 28.5 Å². The molecule has 0 saturated heterocycles. The van der Waals surface area contributed by atoms with Crippen molar-refractivity contribution < 1.29 is 14.4 Å². The third kappa shape index (κ3) is 3.37. The van der Waals surface area contributed by atoms with Gasteiger partial charge in [-0.15, -0.1) is 0 Å². The van der Waals surface area contributed by atoms with Gasteiger partial charge in [0.25, 0.3) is 5.89 Å². The third-order valence-corrected chi connectivity index (χ3v) is 3.33. The molecule has 0 radical (unpaired) electrons. The summed E-state index contributed by atoms with van der Waals surface area (Å²) in [6.07, 6.45) is 1.64. The Kier molecular flexibility index (Phi) is 5.14. The third-order valence-electron chi connectivity index (χ3n) is 2.84. The molecule has 108 valence electrons. The molecule has 5 nitrogen and oxygen atoms in total. The number of aromatic hydroxyl groups is 1. The van der Waals surface area contributed by atoms with Crippen LogP contribution in [-0.4, -0.2) is 21.9 Å². The van der Waals surface area contributed by atoms with E-state index in [2.05, 4.69) is 33.0 Å². The average molecular weight is 341 g/mol. The maximum Gasteiger partial charge on any atom is 0.261 e. The molecule has 6 heteroatoms. The lowest BCUT2D eigenvalue weighted by molar-refractivity contribution is 0.0478. The molecule has 0 aliphatic heterocycles. The zero-order valence-electron chi connectivity index (χ0n) is 11.5. The fourth-order valence-electron chi connectivity index (χ4n) is 1.91. The normalized spacial score (nSPS) is 12.6. The first-order chi connectivity index (χ1) is 9.65. The predicted octanol–water partition coefficient (Wildman–Crippen LogP) is 4.08. The lowest BCUT2D eigenvalue weighted by Gasteiger charge is -2.11. The minimum Gasteiger partial charge on any atom is -0.507 e. The summed E-state index contributed by atoms with van der Waals surface area (Å²) in [5.74, 6) is 0.912. The van der Waals surface area contributed by atoms with Crippen LogP contribution in [0.3, 0.4) is 0 Å². The molecule has 0 amide bonds. The van der Waals surface area contributed by atoms with Crippen LogP contribution in [0.25, 0.3) is 11.5 Å². The summed E-state index contributed by atoms with van der Waals surface area (Å²) < 4.78 is 11.6. The van der Waals surface area contributed by atoms with Crippen molar-refractivity contribution in [1.29, 1.82) is 0 Å². The highest BCUT2D eigenvalue weighted by Crippen LogP contribution is 2.31. The van der Waals surface area contributed by atoms with Crippen LogP contribution < -0.4 is 0 Å². The molecule has 0 spiro atoms. The quantitative estimate of drug-likeness (QED) is 0.857. The van der Waals surface area contributed by atoms with Crippen LogP contribution in [0, 0.1) is 0 Å². The Bertz CT molecular complexity index is 565. The van der Waals surface area contributed by atoms with Gasteiger partial charge in [-0.25, -0.2) is 0 Å². The van der Waals surface area contributed by atoms with E-state index in [1.807, 2.05) is 13.0 Å². The largest absolute Gasteiger partial charge is 0.507 e. The van der Waals surface area contributed by atoms with Crippen LogP contribution in [0.2, 0.25) is 0 Å². The molecule has 0 saturated carbocycles. The number of hydrogen-bond donors (Lipinski definition) is 1. The van der Waals surface area contributed by atoms with Crippen molar-refractivity contribution in [3.8, 4) is 17.2 Å². The number of halogens is 1. The molecule has 2 rings (SSSR count). The van der Waals surface area contributed by atoms with E-state index in [1.165, 1.54) is 0 Å². The van der Waals surface area contributed by atoms with Crippen molar-refractivity contribution in [2.75, 3.05) is 6.61 Å². The summed E-state index contributed by atoms with van der Waals surface area (Å²) in [5, 5.41) is 13.9. The molecule has 0 bridgehead atoms. The lowest BCUT2D eigenvalue weighted by atomic mass is 10.2. The highest BCUT2D eigenvalue weighted by molar-refractivity contribution is 9.10. The highest BCUT2D eigenvalue weighted by Gasteiger charge is 2.20. The van der Waals surface area contributed by atoms with Crippen molar-refractivity contribution >= 4 is 15.9 Å². The van der Waals surface area contributed by atoms with Crippen molar-refractivity contribution in [2.45, 2.75) is 32.8 Å². The number of nitrogens with zero attached hydrogens (tertiary/aromatic N) is 2. The van der Waals surface area contributed by atoms with Crippen molar-refractivity contribution in [3.63, 3.8) is 0 Å². The van der Waals surface area contributed by atoms with Gasteiger partial charge in [0.1, 0.15) is 11.9 Å². The molecule has 20 heavy (non-hydrogen) atoms. The average Bonchev–Trinajstić information content (AvgIpc) is 2.88. The number of phenols is 1. The number of rotatable bonds is 6. The number of hydrogen-bond acceptors (Lipinski definition) is 5. The van der Waals surface area contributed by atoms with Gasteiger partial charge in [0.15, 0.2) is 0 Å². The molecule has 1 unspecified atom stereocenters.